The van der Waals surface area contributed by atoms with Gasteiger partial charge in [-0.2, -0.15) is 5.11 Å². The van der Waals surface area contributed by atoms with E-state index in [1.54, 1.807) is 0 Å². The van der Waals surface area contributed by atoms with Crippen molar-refractivity contribution in [2.24, 2.45) is 15.2 Å². The fraction of sp³-hybridized carbons (Fsp3) is 0.787. The Morgan fingerprint density at radius 2 is 0.880 bits per heavy atom. The van der Waals surface area contributed by atoms with Gasteiger partial charge in [-0.05, 0) is 12.1 Å². The number of aliphatic imine (C=N–C) groups is 1. The molecule has 0 radical (unpaired) electrons. The van der Waals surface area contributed by atoms with Crippen LogP contribution in [0.25, 0.3) is 0 Å². The summed E-state index contributed by atoms with van der Waals surface area (Å²) in [4.78, 5) is 16.2. The highest BCUT2D eigenvalue weighted by atomic mass is 16.8. The van der Waals surface area contributed by atoms with Crippen LogP contribution < -0.4 is 9.47 Å². The zero-order valence-corrected chi connectivity index (χ0v) is 43.8. The van der Waals surface area contributed by atoms with Crippen molar-refractivity contribution >= 4 is 12.1 Å². The van der Waals surface area contributed by atoms with Crippen LogP contribution in [-0.2, 0) is 60.5 Å². The van der Waals surface area contributed by atoms with E-state index in [-0.39, 0.29) is 62.3 Å². The Morgan fingerprint density at radius 3 is 1.31 bits per heavy atom. The molecule has 1 aromatic carbocycles. The van der Waals surface area contributed by atoms with Crippen LogP contribution in [0, 0.1) is 0 Å². The van der Waals surface area contributed by atoms with E-state index in [4.69, 9.17) is 56.8 Å². The first kappa shape index (κ1) is 64.8. The second-order valence-corrected chi connectivity index (χ2v) is 20.1. The van der Waals surface area contributed by atoms with E-state index in [2.05, 4.69) is 25.5 Å². The molecule has 468 valence electrons. The average molecular weight is 1200 g/mol. The molecule has 0 spiro atoms. The molecule has 5 fully saturated rings. The van der Waals surface area contributed by atoms with E-state index in [0.29, 0.717) is 12.0 Å². The monoisotopic (exact) mass is 1200 g/mol. The second-order valence-electron chi connectivity index (χ2n) is 20.1. The van der Waals surface area contributed by atoms with E-state index in [9.17, 15) is 91.6 Å². The normalized spacial score (nSPS) is 41.2. The molecular formula is C47H70N6O30. The van der Waals surface area contributed by atoms with Crippen LogP contribution in [-0.4, -0.2) is 326 Å². The number of carbonyl (C=O) groups is 1. The van der Waals surface area contributed by atoms with E-state index in [1.165, 1.54) is 29.1 Å². The Morgan fingerprint density at radius 1 is 0.482 bits per heavy atom. The van der Waals surface area contributed by atoms with Crippen molar-refractivity contribution in [2.75, 3.05) is 52.9 Å². The number of amidine groups is 1. The summed E-state index contributed by atoms with van der Waals surface area (Å²) in [7, 11) is 0. The van der Waals surface area contributed by atoms with Crippen molar-refractivity contribution in [3.05, 3.63) is 35.7 Å². The minimum atomic E-state index is -1.88. The molecule has 6 aliphatic rings. The summed E-state index contributed by atoms with van der Waals surface area (Å²) in [6, 6.07) is 4.38. The van der Waals surface area contributed by atoms with E-state index in [0.717, 1.165) is 0 Å². The van der Waals surface area contributed by atoms with Gasteiger partial charge < -0.3 is 144 Å². The Labute approximate surface area is 469 Å². The molecule has 36 heteroatoms. The molecule has 0 bridgehead atoms. The fourth-order valence-electron chi connectivity index (χ4n) is 9.30. The SMILES string of the molecule is O=Cc1cc(OCC2=NC(CCO[C@@H]3O[C@H](CO[C@@H]4O[C@H](CO)[C@@H](O)[C@H](O)[C@H]4O)[C@@H](O)[C@H](O)[C@H]3O)N=N2)cc(OCc2cn(CCO[C@@H]3O[C@H](CO[C@@H]4O[C@H](CO[C@@H]5O[C@H](CO)[C@@H](O)[C@H](O)[C@H]5O)[C@@H](O)[C@H](O)[C@H]4O)[C@@H](O)[C@H](O)[C@H]3O)nn2)c1. The standard InChI is InChI=1S/C47H70N6O30/c54-9-17-5-19(7-20(6-17)75-16-27-48-26(50-51-27)1-3-72-43-38(67)35(64)30(59)23(81-43)13-76-45-40(69)33(62)28(57)21(10-55)79-45)74-12-18-8-53(52-49-18)2-4-73-44-39(68)36(65)31(60)24(82-44)14-78-47-42(71)37(66)32(61)25(83-47)15-77-46-41(70)34(63)29(58)22(11-56)80-46/h5-9,21-26,28-47,55-71H,1-4,10-16H2/t21-,22-,23-,24-,25-,26?,28-,29-,30-,31-,32-,33+,34+,35+,36+,37+,38-,39-,40-,41-,42-,43-,44-,45-,46-,47-/m1/s1. The van der Waals surface area contributed by atoms with Gasteiger partial charge in [-0.3, -0.25) is 4.79 Å². The quantitative estimate of drug-likeness (QED) is 0.0389. The summed E-state index contributed by atoms with van der Waals surface area (Å²) in [5, 5.41) is 191. The smallest absolute Gasteiger partial charge is 0.186 e. The van der Waals surface area contributed by atoms with Crippen LogP contribution in [0.15, 0.2) is 39.6 Å². The number of nitrogens with zero attached hydrogens (tertiary/aromatic N) is 6. The van der Waals surface area contributed by atoms with Crippen molar-refractivity contribution in [1.29, 1.82) is 0 Å². The Hall–Kier alpha value is -4.18. The van der Waals surface area contributed by atoms with E-state index in [1.807, 2.05) is 0 Å². The van der Waals surface area contributed by atoms with Gasteiger partial charge in [-0.15, -0.1) is 10.2 Å². The van der Waals surface area contributed by atoms with Gasteiger partial charge in [0, 0.05) is 18.1 Å². The summed E-state index contributed by atoms with van der Waals surface area (Å²) in [5.74, 6) is 0.586. The Bertz CT molecular complexity index is 2420. The molecule has 26 atom stereocenters. The van der Waals surface area contributed by atoms with Gasteiger partial charge in [0.2, 0.25) is 0 Å². The molecule has 17 N–H and O–H groups in total. The lowest BCUT2D eigenvalue weighted by molar-refractivity contribution is -0.342. The third-order valence-corrected chi connectivity index (χ3v) is 14.2. The largest absolute Gasteiger partial charge is 0.487 e. The summed E-state index contributed by atoms with van der Waals surface area (Å²) < 4.78 is 68.2. The minimum absolute atomic E-state index is 0.0188. The number of aldehydes is 1. The van der Waals surface area contributed by atoms with E-state index >= 15 is 0 Å². The van der Waals surface area contributed by atoms with Crippen LogP contribution in [0.1, 0.15) is 22.5 Å². The maximum atomic E-state index is 11.8. The zero-order valence-electron chi connectivity index (χ0n) is 43.8. The van der Waals surface area contributed by atoms with Gasteiger partial charge in [-0.25, -0.2) is 9.67 Å². The van der Waals surface area contributed by atoms with Gasteiger partial charge in [0.05, 0.1) is 59.0 Å². The molecule has 0 amide bonds. The van der Waals surface area contributed by atoms with Crippen LogP contribution in [0.3, 0.4) is 0 Å². The lowest BCUT2D eigenvalue weighted by Gasteiger charge is -2.43. The molecular weight excluding hydrogens is 1130 g/mol. The lowest BCUT2D eigenvalue weighted by Crippen LogP contribution is -2.62. The predicted molar refractivity (Wildman–Crippen MR) is 260 cm³/mol. The molecule has 0 aliphatic carbocycles. The molecule has 0 saturated carbocycles. The number of carbonyl (C=O) groups excluding carboxylic acids is 1. The number of azo groups is 1. The molecule has 36 nitrogen and oxygen atoms in total. The lowest BCUT2D eigenvalue weighted by atomic mass is 9.98. The summed E-state index contributed by atoms with van der Waals surface area (Å²) >= 11 is 0. The van der Waals surface area contributed by atoms with Crippen molar-refractivity contribution < 1.29 is 148 Å². The molecule has 2 aromatic rings. The third kappa shape index (κ3) is 15.7. The molecule has 7 heterocycles. The van der Waals surface area contributed by atoms with Gasteiger partial charge in [0.15, 0.2) is 43.5 Å². The molecule has 83 heavy (non-hydrogen) atoms. The van der Waals surface area contributed by atoms with Gasteiger partial charge in [0.25, 0.3) is 0 Å². The first-order valence-corrected chi connectivity index (χ1v) is 26.2. The number of aliphatic hydroxyl groups is 17. The highest BCUT2D eigenvalue weighted by molar-refractivity contribution is 5.85. The summed E-state index contributed by atoms with van der Waals surface area (Å²) in [6.07, 6.45) is -39.6. The number of rotatable bonds is 26. The second kappa shape index (κ2) is 29.5. The first-order chi connectivity index (χ1) is 39.7. The molecule has 6 aliphatic heterocycles. The molecule has 1 unspecified atom stereocenters. The first-order valence-electron chi connectivity index (χ1n) is 26.2. The van der Waals surface area contributed by atoms with Crippen molar-refractivity contribution in [3.63, 3.8) is 0 Å². The number of hydrogen-bond acceptors (Lipinski definition) is 35. The maximum absolute atomic E-state index is 11.8. The summed E-state index contributed by atoms with van der Waals surface area (Å²) in [6.45, 7) is -3.88. The minimum Gasteiger partial charge on any atom is -0.487 e. The third-order valence-electron chi connectivity index (χ3n) is 14.2. The van der Waals surface area contributed by atoms with Crippen molar-refractivity contribution in [1.82, 2.24) is 15.0 Å². The number of aromatic nitrogens is 3. The maximum Gasteiger partial charge on any atom is 0.186 e. The Balaban J connectivity index is 0.748. The highest BCUT2D eigenvalue weighted by Crippen LogP contribution is 2.31. The van der Waals surface area contributed by atoms with Gasteiger partial charge >= 0.3 is 0 Å². The fourth-order valence-corrected chi connectivity index (χ4v) is 9.30. The van der Waals surface area contributed by atoms with Crippen LogP contribution in [0.5, 0.6) is 11.5 Å². The molecule has 8 rings (SSSR count). The summed E-state index contributed by atoms with van der Waals surface area (Å²) in [5.41, 5.74) is 0.524. The number of hydrogen-bond donors (Lipinski definition) is 17. The number of benzene rings is 1. The van der Waals surface area contributed by atoms with Gasteiger partial charge in [-0.1, -0.05) is 5.21 Å². The van der Waals surface area contributed by atoms with Crippen LogP contribution >= 0.6 is 0 Å². The highest BCUT2D eigenvalue weighted by Gasteiger charge is 2.51. The van der Waals surface area contributed by atoms with Crippen LogP contribution in [0.2, 0.25) is 0 Å². The van der Waals surface area contributed by atoms with Crippen molar-refractivity contribution in [2.45, 2.75) is 179 Å². The molecule has 1 aromatic heterocycles. The zero-order chi connectivity index (χ0) is 59.8. The predicted octanol–water partition coefficient (Wildman–Crippen LogP) is -10.3. The van der Waals surface area contributed by atoms with E-state index < -0.39 is 193 Å². The Kier molecular flexibility index (Phi) is 23.0. The topological polar surface area (TPSA) is 540 Å². The van der Waals surface area contributed by atoms with Gasteiger partial charge in [0.1, 0.15) is 159 Å². The number of ether oxygens (including phenoxy) is 12. The van der Waals surface area contributed by atoms with Crippen LogP contribution in [0.4, 0.5) is 0 Å². The number of aliphatic hydroxyl groups excluding tert-OH is 17. The van der Waals surface area contributed by atoms with Crippen molar-refractivity contribution in [3.8, 4) is 11.5 Å². The average Bonchev–Trinajstić information content (AvgIpc) is 4.22. The molecule has 5 saturated heterocycles.